The molecule has 1 aliphatic heterocycles. The minimum absolute atomic E-state index is 0.158. The van der Waals surface area contributed by atoms with Crippen LogP contribution in [0.25, 0.3) is 22.0 Å². The first-order valence-electron chi connectivity index (χ1n) is 14.9. The second-order valence-corrected chi connectivity index (χ2v) is 14.8. The number of aromatic amines is 1. The van der Waals surface area contributed by atoms with Gasteiger partial charge in [0.15, 0.2) is 0 Å². The van der Waals surface area contributed by atoms with Gasteiger partial charge >= 0.3 is 0 Å². The number of hydrazone groups is 1. The van der Waals surface area contributed by atoms with Crippen molar-refractivity contribution >= 4 is 54.4 Å². The van der Waals surface area contributed by atoms with Gasteiger partial charge in [0.2, 0.25) is 5.91 Å². The lowest BCUT2D eigenvalue weighted by atomic mass is 9.49. The molecule has 1 aromatic heterocycles. The highest BCUT2D eigenvalue weighted by atomic mass is 79.9. The Kier molecular flexibility index (Phi) is 6.34. The third kappa shape index (κ3) is 4.34. The van der Waals surface area contributed by atoms with Crippen LogP contribution in [0.4, 0.5) is 0 Å². The van der Waals surface area contributed by atoms with Crippen molar-refractivity contribution in [1.29, 1.82) is 0 Å². The molecule has 4 aromatic rings. The van der Waals surface area contributed by atoms with Gasteiger partial charge in [0.25, 0.3) is 5.56 Å². The van der Waals surface area contributed by atoms with Gasteiger partial charge in [-0.25, -0.2) is 5.01 Å². The second kappa shape index (κ2) is 10.0. The predicted octanol–water partition coefficient (Wildman–Crippen LogP) is 8.61. The zero-order chi connectivity index (χ0) is 28.6. The van der Waals surface area contributed by atoms with Crippen molar-refractivity contribution in [2.45, 2.75) is 51.0 Å². The highest BCUT2D eigenvalue weighted by Gasteiger charge is 2.57. The van der Waals surface area contributed by atoms with E-state index in [1.807, 2.05) is 54.6 Å². The van der Waals surface area contributed by atoms with Gasteiger partial charge in [-0.2, -0.15) is 5.10 Å². The number of fused-ring (bicyclic) bond motifs is 1. The SMILES string of the molecule is O=C(N1N=C(c2c(-c3ccccc3)c3cc(Br)ccc3[nH]c2=O)CC1c1ccc(Br)cc1)C12CC3CC(CC(C3)C1)C2. The number of benzene rings is 3. The molecule has 2 heterocycles. The summed E-state index contributed by atoms with van der Waals surface area (Å²) in [5.74, 6) is 2.13. The zero-order valence-corrected chi connectivity index (χ0v) is 26.3. The Labute approximate surface area is 261 Å². The topological polar surface area (TPSA) is 65.5 Å². The summed E-state index contributed by atoms with van der Waals surface area (Å²) in [6.07, 6.45) is 7.26. The highest BCUT2D eigenvalue weighted by molar-refractivity contribution is 9.10. The van der Waals surface area contributed by atoms with Crippen LogP contribution in [0, 0.1) is 23.2 Å². The monoisotopic (exact) mass is 683 g/mol. The van der Waals surface area contributed by atoms with Crippen LogP contribution in [0.3, 0.4) is 0 Å². The predicted molar refractivity (Wildman–Crippen MR) is 173 cm³/mol. The molecule has 5 nitrogen and oxygen atoms in total. The number of hydrogen-bond donors (Lipinski definition) is 1. The Bertz CT molecular complexity index is 1780. The molecule has 1 unspecified atom stereocenters. The minimum atomic E-state index is -0.329. The summed E-state index contributed by atoms with van der Waals surface area (Å²) in [5.41, 5.74) is 4.33. The van der Waals surface area contributed by atoms with Crippen molar-refractivity contribution < 1.29 is 4.79 Å². The standard InChI is InChI=1S/C35H31Br2N3O2/c36-25-8-6-23(7-9-25)30-16-29(39-40(30)34(42)35-17-20-12-21(18-35)14-22(13-20)19-35)32-31(24-4-2-1-3-5-24)27-15-26(37)10-11-28(27)38-33(32)41/h1-11,15,20-22,30H,12-14,16-19H2,(H,38,41). The Morgan fingerprint density at radius 3 is 2.14 bits per heavy atom. The molecule has 4 saturated carbocycles. The molecule has 3 aromatic carbocycles. The smallest absolute Gasteiger partial charge is 0.258 e. The van der Waals surface area contributed by atoms with Crippen LogP contribution in [0.1, 0.15) is 62.1 Å². The van der Waals surface area contributed by atoms with E-state index in [1.54, 1.807) is 5.01 Å². The molecule has 1 amide bonds. The van der Waals surface area contributed by atoms with Crippen molar-refractivity contribution in [2.24, 2.45) is 28.3 Å². The normalized spacial score (nSPS) is 28.0. The largest absolute Gasteiger partial charge is 0.321 e. The maximum Gasteiger partial charge on any atom is 0.258 e. The van der Waals surface area contributed by atoms with Gasteiger partial charge in [-0.05, 0) is 97.7 Å². The molecule has 42 heavy (non-hydrogen) atoms. The van der Waals surface area contributed by atoms with E-state index in [1.165, 1.54) is 19.3 Å². The molecule has 0 spiro atoms. The number of rotatable bonds is 4. The Morgan fingerprint density at radius 1 is 0.833 bits per heavy atom. The molecule has 7 heteroatoms. The van der Waals surface area contributed by atoms with Crippen LogP contribution >= 0.6 is 31.9 Å². The van der Waals surface area contributed by atoms with Crippen LogP contribution in [0.5, 0.6) is 0 Å². The summed E-state index contributed by atoms with van der Waals surface area (Å²) in [5, 5.41) is 7.86. The first-order chi connectivity index (χ1) is 20.4. The number of H-pyrrole nitrogens is 1. The van der Waals surface area contributed by atoms with E-state index in [4.69, 9.17) is 5.10 Å². The molecule has 4 aliphatic carbocycles. The van der Waals surface area contributed by atoms with Crippen LogP contribution in [-0.4, -0.2) is 21.6 Å². The van der Waals surface area contributed by atoms with Gasteiger partial charge in [-0.15, -0.1) is 0 Å². The van der Waals surface area contributed by atoms with Crippen molar-refractivity contribution in [3.05, 3.63) is 103 Å². The number of hydrogen-bond acceptors (Lipinski definition) is 3. The van der Waals surface area contributed by atoms with E-state index >= 15 is 0 Å². The number of pyridine rings is 1. The number of nitrogens with zero attached hydrogens (tertiary/aromatic N) is 2. The third-order valence-corrected chi connectivity index (χ3v) is 11.2. The third-order valence-electron chi connectivity index (χ3n) is 10.2. The fourth-order valence-electron chi connectivity index (χ4n) is 8.85. The quantitative estimate of drug-likeness (QED) is 0.234. The summed E-state index contributed by atoms with van der Waals surface area (Å²) in [6, 6.07) is 23.9. The maximum absolute atomic E-state index is 14.7. The second-order valence-electron chi connectivity index (χ2n) is 12.9. The van der Waals surface area contributed by atoms with Gasteiger partial charge in [0.05, 0.1) is 22.7 Å². The average molecular weight is 685 g/mol. The highest BCUT2D eigenvalue weighted by Crippen LogP contribution is 2.61. The number of carbonyl (C=O) groups excluding carboxylic acids is 1. The lowest BCUT2D eigenvalue weighted by Gasteiger charge is -2.56. The number of halogens is 2. The average Bonchev–Trinajstić information content (AvgIpc) is 3.41. The molecule has 4 bridgehead atoms. The minimum Gasteiger partial charge on any atom is -0.321 e. The first kappa shape index (κ1) is 26.6. The Morgan fingerprint density at radius 2 is 1.48 bits per heavy atom. The Hall–Kier alpha value is -3.03. The fourth-order valence-corrected chi connectivity index (χ4v) is 9.48. The lowest BCUT2D eigenvalue weighted by molar-refractivity contribution is -0.159. The van der Waals surface area contributed by atoms with Gasteiger partial charge in [-0.1, -0.05) is 74.3 Å². The summed E-state index contributed by atoms with van der Waals surface area (Å²) < 4.78 is 1.93. The van der Waals surface area contributed by atoms with Crippen molar-refractivity contribution in [3.8, 4) is 11.1 Å². The van der Waals surface area contributed by atoms with Gasteiger partial charge < -0.3 is 4.98 Å². The lowest BCUT2D eigenvalue weighted by Crippen LogP contribution is -2.53. The molecule has 0 saturated heterocycles. The van der Waals surface area contributed by atoms with E-state index in [0.29, 0.717) is 35.4 Å². The van der Waals surface area contributed by atoms with Crippen molar-refractivity contribution in [3.63, 3.8) is 0 Å². The molecule has 9 rings (SSSR count). The number of carbonyl (C=O) groups is 1. The molecule has 1 atom stereocenters. The van der Waals surface area contributed by atoms with Gasteiger partial charge in [0, 0.05) is 31.8 Å². The zero-order valence-electron chi connectivity index (χ0n) is 23.2. The summed E-state index contributed by atoms with van der Waals surface area (Å²) >= 11 is 7.21. The molecule has 0 radical (unpaired) electrons. The van der Waals surface area contributed by atoms with Gasteiger partial charge in [-0.3, -0.25) is 9.59 Å². The number of amides is 1. The molecule has 5 aliphatic rings. The van der Waals surface area contributed by atoms with E-state index in [-0.39, 0.29) is 22.9 Å². The van der Waals surface area contributed by atoms with Crippen molar-refractivity contribution in [2.75, 3.05) is 0 Å². The van der Waals surface area contributed by atoms with E-state index < -0.39 is 0 Å². The Balaban J connectivity index is 1.30. The fraction of sp³-hybridized carbons (Fsp3) is 0.343. The summed E-state index contributed by atoms with van der Waals surface area (Å²) in [7, 11) is 0. The number of aromatic nitrogens is 1. The molecule has 1 N–H and O–H groups in total. The number of nitrogens with one attached hydrogen (secondary N) is 1. The van der Waals surface area contributed by atoms with Crippen LogP contribution in [0.15, 0.2) is 91.6 Å². The van der Waals surface area contributed by atoms with Crippen LogP contribution < -0.4 is 5.56 Å². The first-order valence-corrected chi connectivity index (χ1v) is 16.5. The maximum atomic E-state index is 14.7. The van der Waals surface area contributed by atoms with Gasteiger partial charge in [0.1, 0.15) is 0 Å². The molecule has 4 fully saturated rings. The van der Waals surface area contributed by atoms with Crippen LogP contribution in [0.2, 0.25) is 0 Å². The van der Waals surface area contributed by atoms with Crippen molar-refractivity contribution in [1.82, 2.24) is 9.99 Å². The molecular weight excluding hydrogens is 654 g/mol. The molecule has 212 valence electrons. The summed E-state index contributed by atoms with van der Waals surface area (Å²) in [4.78, 5) is 31.8. The summed E-state index contributed by atoms with van der Waals surface area (Å²) in [6.45, 7) is 0. The van der Waals surface area contributed by atoms with E-state index in [9.17, 15) is 9.59 Å². The van der Waals surface area contributed by atoms with E-state index in [0.717, 1.165) is 55.8 Å². The van der Waals surface area contributed by atoms with E-state index in [2.05, 4.69) is 55.0 Å². The van der Waals surface area contributed by atoms with Crippen LogP contribution in [-0.2, 0) is 4.79 Å². The molecular formula is C35H31Br2N3O2.